The van der Waals surface area contributed by atoms with Gasteiger partial charge in [0.15, 0.2) is 0 Å². The second-order valence-electron chi connectivity index (χ2n) is 5.95. The van der Waals surface area contributed by atoms with E-state index in [4.69, 9.17) is 4.74 Å². The van der Waals surface area contributed by atoms with Gasteiger partial charge >= 0.3 is 6.09 Å². The predicted octanol–water partition coefficient (Wildman–Crippen LogP) is 3.66. The molecule has 0 radical (unpaired) electrons. The molecule has 2 aromatic rings. The Morgan fingerprint density at radius 1 is 1.40 bits per heavy atom. The highest BCUT2D eigenvalue weighted by Gasteiger charge is 2.23. The maximum absolute atomic E-state index is 13.8. The van der Waals surface area contributed by atoms with Crippen molar-refractivity contribution in [3.63, 3.8) is 0 Å². The van der Waals surface area contributed by atoms with Gasteiger partial charge in [-0.3, -0.25) is 0 Å². The topological polar surface area (TPSA) is 54.5 Å². The molecule has 1 aliphatic heterocycles. The van der Waals surface area contributed by atoms with Crippen LogP contribution in [0.5, 0.6) is 0 Å². The zero-order valence-corrected chi connectivity index (χ0v) is 15.0. The summed E-state index contributed by atoms with van der Waals surface area (Å²) in [6.07, 6.45) is 1.56. The molecule has 1 aromatic carbocycles. The fourth-order valence-corrected chi connectivity index (χ4v) is 3.64. The van der Waals surface area contributed by atoms with Gasteiger partial charge in [-0.2, -0.15) is 0 Å². The third-order valence-corrected chi connectivity index (χ3v) is 5.11. The Hall–Kier alpha value is -1.99. The van der Waals surface area contributed by atoms with Gasteiger partial charge in [-0.15, -0.1) is 11.3 Å². The summed E-state index contributed by atoms with van der Waals surface area (Å²) in [5, 5.41) is 6.31. The smallest absolute Gasteiger partial charge is 0.409 e. The SMILES string of the molecule is CCOC(=O)N1CCC(NCc2nc(-c3ccccc3F)cs2)CC1. The van der Waals surface area contributed by atoms with E-state index in [0.717, 1.165) is 17.8 Å². The molecule has 5 nitrogen and oxygen atoms in total. The van der Waals surface area contributed by atoms with Gasteiger partial charge in [0.25, 0.3) is 0 Å². The lowest BCUT2D eigenvalue weighted by molar-refractivity contribution is 0.0950. The predicted molar refractivity (Wildman–Crippen MR) is 96.0 cm³/mol. The molecule has 134 valence electrons. The van der Waals surface area contributed by atoms with Gasteiger partial charge in [-0.1, -0.05) is 12.1 Å². The van der Waals surface area contributed by atoms with Crippen LogP contribution in [0.3, 0.4) is 0 Å². The summed E-state index contributed by atoms with van der Waals surface area (Å²) >= 11 is 1.53. The molecule has 2 heterocycles. The standard InChI is InChI=1S/C18H22FN3O2S/c1-2-24-18(23)22-9-7-13(8-10-22)20-11-17-21-16(12-25-17)14-5-3-4-6-15(14)19/h3-6,12-13,20H,2,7-11H2,1H3. The number of nitrogens with zero attached hydrogens (tertiary/aromatic N) is 2. The van der Waals surface area contributed by atoms with Crippen LogP contribution >= 0.6 is 11.3 Å². The Morgan fingerprint density at radius 3 is 2.88 bits per heavy atom. The number of hydrogen-bond donors (Lipinski definition) is 1. The summed E-state index contributed by atoms with van der Waals surface area (Å²) < 4.78 is 18.9. The van der Waals surface area contributed by atoms with Crippen molar-refractivity contribution in [2.75, 3.05) is 19.7 Å². The molecule has 1 saturated heterocycles. The minimum atomic E-state index is -0.251. The van der Waals surface area contributed by atoms with E-state index in [0.29, 0.717) is 43.5 Å². The third-order valence-electron chi connectivity index (χ3n) is 4.26. The van der Waals surface area contributed by atoms with Gasteiger partial charge in [-0.25, -0.2) is 14.2 Å². The van der Waals surface area contributed by atoms with E-state index in [9.17, 15) is 9.18 Å². The Bertz CT molecular complexity index is 714. The van der Waals surface area contributed by atoms with E-state index in [-0.39, 0.29) is 11.9 Å². The van der Waals surface area contributed by atoms with Gasteiger partial charge in [0, 0.05) is 36.6 Å². The number of benzene rings is 1. The first-order valence-electron chi connectivity index (χ1n) is 8.51. The van der Waals surface area contributed by atoms with Crippen molar-refractivity contribution in [1.29, 1.82) is 0 Å². The van der Waals surface area contributed by atoms with E-state index >= 15 is 0 Å². The van der Waals surface area contributed by atoms with Gasteiger partial charge < -0.3 is 15.0 Å². The monoisotopic (exact) mass is 363 g/mol. The van der Waals surface area contributed by atoms with Crippen LogP contribution in [0.1, 0.15) is 24.8 Å². The molecule has 1 aliphatic rings. The molecule has 25 heavy (non-hydrogen) atoms. The maximum atomic E-state index is 13.8. The second-order valence-corrected chi connectivity index (χ2v) is 6.89. The van der Waals surface area contributed by atoms with Crippen LogP contribution in [0.15, 0.2) is 29.6 Å². The van der Waals surface area contributed by atoms with Crippen LogP contribution in [0.2, 0.25) is 0 Å². The van der Waals surface area contributed by atoms with E-state index in [1.54, 1.807) is 17.0 Å². The van der Waals surface area contributed by atoms with Crippen LogP contribution in [-0.2, 0) is 11.3 Å². The molecule has 3 rings (SSSR count). The highest BCUT2D eigenvalue weighted by Crippen LogP contribution is 2.24. The number of aromatic nitrogens is 1. The van der Waals surface area contributed by atoms with Crippen molar-refractivity contribution >= 4 is 17.4 Å². The Labute approximate surface area is 150 Å². The molecule has 0 spiro atoms. The quantitative estimate of drug-likeness (QED) is 0.881. The number of rotatable bonds is 5. The molecule has 0 bridgehead atoms. The molecule has 0 aliphatic carbocycles. The molecule has 1 amide bonds. The fraction of sp³-hybridized carbons (Fsp3) is 0.444. The molecule has 0 atom stereocenters. The average Bonchev–Trinajstić information content (AvgIpc) is 3.10. The first kappa shape index (κ1) is 17.8. The molecular weight excluding hydrogens is 341 g/mol. The Kier molecular flexibility index (Phi) is 5.99. The van der Waals surface area contributed by atoms with Gasteiger partial charge in [0.1, 0.15) is 10.8 Å². The van der Waals surface area contributed by atoms with E-state index in [2.05, 4.69) is 10.3 Å². The van der Waals surface area contributed by atoms with Crippen LogP contribution < -0.4 is 5.32 Å². The van der Waals surface area contributed by atoms with E-state index in [1.807, 2.05) is 18.4 Å². The third kappa shape index (κ3) is 4.55. The maximum Gasteiger partial charge on any atom is 0.409 e. The summed E-state index contributed by atoms with van der Waals surface area (Å²) in [7, 11) is 0. The van der Waals surface area contributed by atoms with Gasteiger partial charge in [-0.05, 0) is 31.9 Å². The number of thiazole rings is 1. The number of amides is 1. The average molecular weight is 363 g/mol. The highest BCUT2D eigenvalue weighted by molar-refractivity contribution is 7.09. The number of carbonyl (C=O) groups is 1. The van der Waals surface area contributed by atoms with Crippen molar-refractivity contribution in [2.24, 2.45) is 0 Å². The number of piperidine rings is 1. The number of carbonyl (C=O) groups excluding carboxylic acids is 1. The van der Waals surface area contributed by atoms with Crippen LogP contribution in [0.25, 0.3) is 11.3 Å². The zero-order chi connectivity index (χ0) is 17.6. The number of halogens is 1. The normalized spacial score (nSPS) is 15.4. The number of ether oxygens (including phenoxy) is 1. The Morgan fingerprint density at radius 2 is 2.16 bits per heavy atom. The lowest BCUT2D eigenvalue weighted by atomic mass is 10.1. The van der Waals surface area contributed by atoms with Crippen molar-refractivity contribution in [3.05, 3.63) is 40.5 Å². The molecular formula is C18H22FN3O2S. The lowest BCUT2D eigenvalue weighted by Gasteiger charge is -2.31. The van der Waals surface area contributed by atoms with Crippen LogP contribution in [0.4, 0.5) is 9.18 Å². The second kappa shape index (κ2) is 8.40. The lowest BCUT2D eigenvalue weighted by Crippen LogP contribution is -2.44. The molecule has 0 saturated carbocycles. The number of hydrogen-bond acceptors (Lipinski definition) is 5. The van der Waals surface area contributed by atoms with E-state index < -0.39 is 0 Å². The van der Waals surface area contributed by atoms with Crippen LogP contribution in [-0.4, -0.2) is 41.7 Å². The summed E-state index contributed by atoms with van der Waals surface area (Å²) in [4.78, 5) is 18.0. The molecule has 1 fully saturated rings. The number of likely N-dealkylation sites (tertiary alicyclic amines) is 1. The highest BCUT2D eigenvalue weighted by atomic mass is 32.1. The van der Waals surface area contributed by atoms with Gasteiger partial charge in [0.2, 0.25) is 0 Å². The van der Waals surface area contributed by atoms with Crippen molar-refractivity contribution in [3.8, 4) is 11.3 Å². The summed E-state index contributed by atoms with van der Waals surface area (Å²) in [6, 6.07) is 7.03. The van der Waals surface area contributed by atoms with Gasteiger partial charge in [0.05, 0.1) is 12.3 Å². The zero-order valence-electron chi connectivity index (χ0n) is 14.2. The molecule has 0 unspecified atom stereocenters. The summed E-state index contributed by atoms with van der Waals surface area (Å²) in [6.45, 7) is 4.29. The first-order valence-corrected chi connectivity index (χ1v) is 9.39. The summed E-state index contributed by atoms with van der Waals surface area (Å²) in [5.74, 6) is -0.251. The fourth-order valence-electron chi connectivity index (χ4n) is 2.90. The number of nitrogens with one attached hydrogen (secondary N) is 1. The van der Waals surface area contributed by atoms with Crippen molar-refractivity contribution in [2.45, 2.75) is 32.4 Å². The minimum Gasteiger partial charge on any atom is -0.450 e. The summed E-state index contributed by atoms with van der Waals surface area (Å²) in [5.41, 5.74) is 1.21. The molecule has 1 N–H and O–H groups in total. The first-order chi connectivity index (χ1) is 12.2. The van der Waals surface area contributed by atoms with Crippen molar-refractivity contribution < 1.29 is 13.9 Å². The minimum absolute atomic E-state index is 0.226. The van der Waals surface area contributed by atoms with Crippen molar-refractivity contribution in [1.82, 2.24) is 15.2 Å². The molecule has 1 aromatic heterocycles. The Balaban J connectivity index is 1.49. The van der Waals surface area contributed by atoms with Crippen LogP contribution in [0, 0.1) is 5.82 Å². The van der Waals surface area contributed by atoms with E-state index in [1.165, 1.54) is 17.4 Å². The largest absolute Gasteiger partial charge is 0.450 e. The molecule has 7 heteroatoms.